The second kappa shape index (κ2) is 9.57. The number of carbonyl (C=O) groups is 2. The van der Waals surface area contributed by atoms with Gasteiger partial charge in [0.1, 0.15) is 5.75 Å². The van der Waals surface area contributed by atoms with Crippen molar-refractivity contribution >= 4 is 17.5 Å². The topological polar surface area (TPSA) is 71.9 Å². The van der Waals surface area contributed by atoms with Gasteiger partial charge in [-0.15, -0.1) is 0 Å². The number of nitrogens with one attached hydrogen (secondary N) is 3. The van der Waals surface area contributed by atoms with Crippen LogP contribution < -0.4 is 20.3 Å². The Bertz CT molecular complexity index is 620. The van der Waals surface area contributed by atoms with Crippen molar-refractivity contribution in [3.05, 3.63) is 24.3 Å². The van der Waals surface area contributed by atoms with Crippen LogP contribution in [0.1, 0.15) is 33.1 Å². The number of rotatable bonds is 7. The predicted octanol–water partition coefficient (Wildman–Crippen LogP) is 1.09. The number of carbonyl (C=O) groups excluding carboxylic acids is 2. The highest BCUT2D eigenvalue weighted by Crippen LogP contribution is 2.29. The molecule has 3 N–H and O–H groups in total. The Morgan fingerprint density at radius 3 is 2.65 bits per heavy atom. The number of amides is 2. The zero-order valence-corrected chi connectivity index (χ0v) is 16.3. The number of hydrogen-bond acceptors (Lipinski definition) is 3. The van der Waals surface area contributed by atoms with Gasteiger partial charge in [-0.25, -0.2) is 0 Å². The number of methoxy groups -OCH3 is 1. The molecule has 1 fully saturated rings. The Morgan fingerprint density at radius 2 is 1.92 bits per heavy atom. The lowest BCUT2D eigenvalue weighted by atomic mass is 9.78. The van der Waals surface area contributed by atoms with E-state index in [1.165, 1.54) is 12.8 Å². The number of ether oxygens (including phenoxy) is 1. The van der Waals surface area contributed by atoms with Crippen molar-refractivity contribution in [1.82, 2.24) is 5.32 Å². The Labute approximate surface area is 156 Å². The van der Waals surface area contributed by atoms with Gasteiger partial charge in [-0.2, -0.15) is 0 Å². The van der Waals surface area contributed by atoms with E-state index >= 15 is 0 Å². The van der Waals surface area contributed by atoms with Crippen LogP contribution in [0.2, 0.25) is 0 Å². The van der Waals surface area contributed by atoms with Gasteiger partial charge < -0.3 is 20.3 Å². The van der Waals surface area contributed by atoms with E-state index in [9.17, 15) is 9.59 Å². The lowest BCUT2D eigenvalue weighted by Gasteiger charge is -2.34. The predicted molar refractivity (Wildman–Crippen MR) is 102 cm³/mol. The van der Waals surface area contributed by atoms with Crippen molar-refractivity contribution in [2.75, 3.05) is 32.6 Å². The summed E-state index contributed by atoms with van der Waals surface area (Å²) in [6, 6.07) is 7.49. The Kier molecular flexibility index (Phi) is 7.45. The van der Waals surface area contributed by atoms with E-state index in [0.717, 1.165) is 11.3 Å². The average molecular weight is 362 g/mol. The van der Waals surface area contributed by atoms with Crippen molar-refractivity contribution in [3.63, 3.8) is 0 Å². The van der Waals surface area contributed by atoms with Gasteiger partial charge in [0, 0.05) is 17.8 Å². The average Bonchev–Trinajstić information content (AvgIpc) is 2.58. The molecular weight excluding hydrogens is 330 g/mol. The lowest BCUT2D eigenvalue weighted by molar-refractivity contribution is -0.862. The summed E-state index contributed by atoms with van der Waals surface area (Å²) >= 11 is 0. The second-order valence-corrected chi connectivity index (χ2v) is 7.53. The van der Waals surface area contributed by atoms with Gasteiger partial charge in [0.25, 0.3) is 11.8 Å². The Hall–Kier alpha value is -2.08. The van der Waals surface area contributed by atoms with Crippen LogP contribution in [0.3, 0.4) is 0 Å². The zero-order valence-electron chi connectivity index (χ0n) is 16.3. The molecule has 0 radical (unpaired) electrons. The first-order valence-corrected chi connectivity index (χ1v) is 9.43. The fraction of sp³-hybridized carbons (Fsp3) is 0.600. The molecular formula is C20H32N3O3+. The van der Waals surface area contributed by atoms with Gasteiger partial charge in [-0.05, 0) is 30.4 Å². The van der Waals surface area contributed by atoms with Crippen LogP contribution >= 0.6 is 0 Å². The van der Waals surface area contributed by atoms with Crippen molar-refractivity contribution in [2.24, 2.45) is 11.8 Å². The summed E-state index contributed by atoms with van der Waals surface area (Å²) < 4.78 is 5.15. The van der Waals surface area contributed by atoms with Crippen LogP contribution in [0, 0.1) is 11.8 Å². The van der Waals surface area contributed by atoms with Crippen molar-refractivity contribution in [3.8, 4) is 5.75 Å². The first-order valence-electron chi connectivity index (χ1n) is 9.43. The molecule has 1 saturated carbocycles. The molecule has 4 atom stereocenters. The summed E-state index contributed by atoms with van der Waals surface area (Å²) in [5.74, 6) is 1.74. The SMILES string of the molecule is COc1cccc(NC(=O)C[NH+](C)CC(=O)N[C@H]2CCC[C@@H](C)[C@@H]2C)c1. The Morgan fingerprint density at radius 1 is 1.19 bits per heavy atom. The zero-order chi connectivity index (χ0) is 19.1. The molecule has 0 bridgehead atoms. The van der Waals surface area contributed by atoms with E-state index in [-0.39, 0.29) is 24.4 Å². The highest BCUT2D eigenvalue weighted by atomic mass is 16.5. The smallest absolute Gasteiger partial charge is 0.279 e. The molecule has 0 spiro atoms. The van der Waals surface area contributed by atoms with E-state index in [2.05, 4.69) is 24.5 Å². The quantitative estimate of drug-likeness (QED) is 0.680. The number of likely N-dealkylation sites (N-methyl/N-ethyl adjacent to an activating group) is 1. The number of quaternary nitrogens is 1. The molecule has 1 aliphatic carbocycles. The fourth-order valence-corrected chi connectivity index (χ4v) is 3.56. The molecule has 0 aromatic heterocycles. The number of anilines is 1. The third-order valence-corrected chi connectivity index (χ3v) is 5.33. The van der Waals surface area contributed by atoms with Crippen LogP contribution in [0.15, 0.2) is 24.3 Å². The molecule has 6 nitrogen and oxygen atoms in total. The van der Waals surface area contributed by atoms with E-state index in [0.29, 0.717) is 29.8 Å². The van der Waals surface area contributed by atoms with Crippen LogP contribution in [0.25, 0.3) is 0 Å². The molecule has 6 heteroatoms. The van der Waals surface area contributed by atoms with Gasteiger partial charge in [0.15, 0.2) is 13.1 Å². The molecule has 0 saturated heterocycles. The molecule has 144 valence electrons. The third-order valence-electron chi connectivity index (χ3n) is 5.33. The summed E-state index contributed by atoms with van der Waals surface area (Å²) in [5.41, 5.74) is 0.691. The molecule has 2 rings (SSSR count). The minimum Gasteiger partial charge on any atom is -0.497 e. The van der Waals surface area contributed by atoms with Crippen molar-refractivity contribution < 1.29 is 19.2 Å². The number of hydrogen-bond donors (Lipinski definition) is 3. The molecule has 0 aliphatic heterocycles. The first-order chi connectivity index (χ1) is 12.4. The summed E-state index contributed by atoms with van der Waals surface area (Å²) in [4.78, 5) is 25.4. The maximum Gasteiger partial charge on any atom is 0.279 e. The summed E-state index contributed by atoms with van der Waals surface area (Å²) in [7, 11) is 3.45. The minimum absolute atomic E-state index is 0.0163. The maximum absolute atomic E-state index is 12.3. The third kappa shape index (κ3) is 6.02. The van der Waals surface area contributed by atoms with Gasteiger partial charge >= 0.3 is 0 Å². The van der Waals surface area contributed by atoms with Crippen LogP contribution in [0.4, 0.5) is 5.69 Å². The molecule has 26 heavy (non-hydrogen) atoms. The highest BCUT2D eigenvalue weighted by molar-refractivity contribution is 5.91. The van der Waals surface area contributed by atoms with Crippen molar-refractivity contribution in [2.45, 2.75) is 39.2 Å². The molecule has 2 amide bonds. The second-order valence-electron chi connectivity index (χ2n) is 7.53. The molecule has 1 aromatic rings. The molecule has 1 aromatic carbocycles. The van der Waals surface area contributed by atoms with E-state index in [1.807, 2.05) is 25.2 Å². The van der Waals surface area contributed by atoms with E-state index < -0.39 is 0 Å². The van der Waals surface area contributed by atoms with Crippen LogP contribution in [-0.4, -0.2) is 45.1 Å². The fourth-order valence-electron chi connectivity index (χ4n) is 3.56. The summed E-state index contributed by atoms with van der Waals surface area (Å²) in [5, 5.41) is 6.00. The summed E-state index contributed by atoms with van der Waals surface area (Å²) in [6.45, 7) is 5.00. The standard InChI is InChI=1S/C20H31N3O3/c1-14-7-5-10-18(15(14)2)22-20(25)13-23(3)12-19(24)21-16-8-6-9-17(11-16)26-4/h6,8-9,11,14-15,18H,5,7,10,12-13H2,1-4H3,(H,21,24)(H,22,25)/p+1/t14-,15+,18+/m1/s1. The molecule has 0 heterocycles. The summed E-state index contributed by atoms with van der Waals surface area (Å²) in [6.07, 6.45) is 3.46. The van der Waals surface area contributed by atoms with Gasteiger partial charge in [0.05, 0.1) is 14.2 Å². The van der Waals surface area contributed by atoms with E-state index in [4.69, 9.17) is 4.74 Å². The highest BCUT2D eigenvalue weighted by Gasteiger charge is 2.28. The first kappa shape index (κ1) is 20.2. The van der Waals surface area contributed by atoms with Gasteiger partial charge in [-0.3, -0.25) is 9.59 Å². The normalized spacial score (nSPS) is 23.8. The molecule has 1 unspecified atom stereocenters. The van der Waals surface area contributed by atoms with Crippen LogP contribution in [-0.2, 0) is 9.59 Å². The minimum atomic E-state index is -0.122. The van der Waals surface area contributed by atoms with Gasteiger partial charge in [-0.1, -0.05) is 32.8 Å². The monoisotopic (exact) mass is 362 g/mol. The van der Waals surface area contributed by atoms with E-state index in [1.54, 1.807) is 13.2 Å². The maximum atomic E-state index is 12.3. The van der Waals surface area contributed by atoms with Crippen LogP contribution in [0.5, 0.6) is 5.75 Å². The molecule has 1 aliphatic rings. The largest absolute Gasteiger partial charge is 0.497 e. The van der Waals surface area contributed by atoms with Gasteiger partial charge in [0.2, 0.25) is 0 Å². The Balaban J connectivity index is 1.77. The van der Waals surface area contributed by atoms with Crippen molar-refractivity contribution in [1.29, 1.82) is 0 Å². The lowest BCUT2D eigenvalue weighted by Crippen LogP contribution is -3.11. The number of benzene rings is 1.